The SMILES string of the molecule is Cc1cccc2c1nc(C(F)F)n2-c1nc(N2CCOCC2)nc(N(C)C2CCCN(C(=O)CCl)C2)n1. The molecule has 1 atom stereocenters. The van der Waals surface area contributed by atoms with Crippen LogP contribution in [0, 0.1) is 6.92 Å². The van der Waals surface area contributed by atoms with Crippen molar-refractivity contribution in [3.63, 3.8) is 0 Å². The van der Waals surface area contributed by atoms with Gasteiger partial charge in [-0.25, -0.2) is 13.8 Å². The first-order valence-electron chi connectivity index (χ1n) is 12.3. The largest absolute Gasteiger partial charge is 0.378 e. The van der Waals surface area contributed by atoms with Crippen molar-refractivity contribution in [3.05, 3.63) is 29.6 Å². The molecule has 1 aromatic carbocycles. The normalized spacial score (nSPS) is 18.6. The second kappa shape index (κ2) is 10.7. The molecule has 0 bridgehead atoms. The molecule has 0 saturated carbocycles. The summed E-state index contributed by atoms with van der Waals surface area (Å²) in [7, 11) is 1.85. The minimum Gasteiger partial charge on any atom is -0.378 e. The van der Waals surface area contributed by atoms with Gasteiger partial charge in [0, 0.05) is 39.3 Å². The van der Waals surface area contributed by atoms with Gasteiger partial charge in [0.15, 0.2) is 5.82 Å². The van der Waals surface area contributed by atoms with Gasteiger partial charge in [0.05, 0.1) is 24.2 Å². The van der Waals surface area contributed by atoms with Gasteiger partial charge in [-0.05, 0) is 31.4 Å². The number of hydrogen-bond donors (Lipinski definition) is 0. The van der Waals surface area contributed by atoms with Gasteiger partial charge in [0.25, 0.3) is 6.43 Å². The number of fused-ring (bicyclic) bond motifs is 1. The monoisotopic (exact) mass is 534 g/mol. The molecule has 0 aliphatic carbocycles. The van der Waals surface area contributed by atoms with Crippen LogP contribution >= 0.6 is 11.6 Å². The summed E-state index contributed by atoms with van der Waals surface area (Å²) < 4.78 is 35.2. The van der Waals surface area contributed by atoms with Crippen molar-refractivity contribution in [2.45, 2.75) is 32.2 Å². The van der Waals surface area contributed by atoms with Crippen molar-refractivity contribution in [2.24, 2.45) is 0 Å². The van der Waals surface area contributed by atoms with Crippen LogP contribution in [0.25, 0.3) is 17.0 Å². The Hall–Kier alpha value is -3.12. The molecule has 3 aromatic rings. The van der Waals surface area contributed by atoms with Crippen LogP contribution in [0.2, 0.25) is 0 Å². The average Bonchev–Trinajstić information content (AvgIpc) is 3.34. The lowest BCUT2D eigenvalue weighted by Crippen LogP contribution is -2.49. The van der Waals surface area contributed by atoms with Crippen LogP contribution in [0.15, 0.2) is 18.2 Å². The quantitative estimate of drug-likeness (QED) is 0.446. The summed E-state index contributed by atoms with van der Waals surface area (Å²) in [5, 5.41) is 0. The van der Waals surface area contributed by atoms with Gasteiger partial charge >= 0.3 is 0 Å². The number of anilines is 2. The third-order valence-electron chi connectivity index (χ3n) is 6.93. The van der Waals surface area contributed by atoms with Crippen molar-refractivity contribution >= 4 is 40.4 Å². The first-order chi connectivity index (χ1) is 17.9. The molecule has 0 spiro atoms. The van der Waals surface area contributed by atoms with Gasteiger partial charge < -0.3 is 19.4 Å². The molecule has 1 amide bonds. The first kappa shape index (κ1) is 25.5. The third kappa shape index (κ3) is 5.04. The minimum atomic E-state index is -2.83. The molecule has 198 valence electrons. The third-order valence-corrected chi connectivity index (χ3v) is 7.16. The molecule has 37 heavy (non-hydrogen) atoms. The Morgan fingerprint density at radius 3 is 2.65 bits per heavy atom. The number of likely N-dealkylation sites (N-methyl/N-ethyl adjacent to an activating group) is 1. The molecule has 2 aromatic heterocycles. The van der Waals surface area contributed by atoms with E-state index in [1.165, 1.54) is 4.57 Å². The lowest BCUT2D eigenvalue weighted by atomic mass is 10.0. The number of benzene rings is 1. The number of carbonyl (C=O) groups excluding carboxylic acids is 1. The topological polar surface area (TPSA) is 92.5 Å². The second-order valence-corrected chi connectivity index (χ2v) is 9.53. The Bertz CT molecular complexity index is 1280. The smallest absolute Gasteiger partial charge is 0.296 e. The molecule has 13 heteroatoms. The van der Waals surface area contributed by atoms with Crippen LogP contribution in [-0.4, -0.2) is 93.7 Å². The number of carbonyl (C=O) groups is 1. The van der Waals surface area contributed by atoms with E-state index in [9.17, 15) is 13.6 Å². The first-order valence-corrected chi connectivity index (χ1v) is 12.8. The number of halogens is 3. The Balaban J connectivity index is 1.61. The van der Waals surface area contributed by atoms with Crippen molar-refractivity contribution in [2.75, 3.05) is 62.1 Å². The Morgan fingerprint density at radius 1 is 1.16 bits per heavy atom. The highest BCUT2D eigenvalue weighted by Gasteiger charge is 2.30. The van der Waals surface area contributed by atoms with Crippen molar-refractivity contribution in [1.29, 1.82) is 0 Å². The van der Waals surface area contributed by atoms with Crippen LogP contribution < -0.4 is 9.80 Å². The van der Waals surface area contributed by atoms with Gasteiger partial charge in [-0.1, -0.05) is 12.1 Å². The number of morpholine rings is 1. The highest BCUT2D eigenvalue weighted by molar-refractivity contribution is 6.27. The fraction of sp³-hybridized carbons (Fsp3) is 0.542. The summed E-state index contributed by atoms with van der Waals surface area (Å²) >= 11 is 5.79. The average molecular weight is 535 g/mol. The van der Waals surface area contributed by atoms with Crippen molar-refractivity contribution < 1.29 is 18.3 Å². The Labute approximate surface area is 218 Å². The number of imidazole rings is 1. The number of para-hydroxylation sites is 1. The summed E-state index contributed by atoms with van der Waals surface area (Å²) in [5.41, 5.74) is 1.76. The summed E-state index contributed by atoms with van der Waals surface area (Å²) in [5.74, 6) is 0.185. The zero-order chi connectivity index (χ0) is 26.1. The number of likely N-dealkylation sites (tertiary alicyclic amines) is 1. The van der Waals surface area contributed by atoms with E-state index in [1.54, 1.807) is 17.0 Å². The molecule has 5 rings (SSSR count). The number of amides is 1. The highest BCUT2D eigenvalue weighted by atomic mass is 35.5. The molecule has 0 radical (unpaired) electrons. The predicted octanol–water partition coefficient (Wildman–Crippen LogP) is 2.96. The van der Waals surface area contributed by atoms with Crippen LogP contribution in [0.1, 0.15) is 30.7 Å². The van der Waals surface area contributed by atoms with Crippen molar-refractivity contribution in [1.82, 2.24) is 29.4 Å². The van der Waals surface area contributed by atoms with Crippen molar-refractivity contribution in [3.8, 4) is 5.95 Å². The van der Waals surface area contributed by atoms with Gasteiger partial charge in [0.1, 0.15) is 5.88 Å². The van der Waals surface area contributed by atoms with E-state index in [0.29, 0.717) is 62.3 Å². The lowest BCUT2D eigenvalue weighted by Gasteiger charge is -2.37. The molecule has 1 unspecified atom stereocenters. The number of alkyl halides is 3. The summed E-state index contributed by atoms with van der Waals surface area (Å²) in [6.07, 6.45) is -1.19. The van der Waals surface area contributed by atoms with Gasteiger partial charge in [-0.15, -0.1) is 11.6 Å². The minimum absolute atomic E-state index is 0.0648. The molecule has 2 aliphatic heterocycles. The molecule has 2 saturated heterocycles. The molecular weight excluding hydrogens is 506 g/mol. The second-order valence-electron chi connectivity index (χ2n) is 9.26. The van der Waals surface area contributed by atoms with Crippen LogP contribution in [0.3, 0.4) is 0 Å². The molecule has 0 N–H and O–H groups in total. The standard InChI is InChI=1S/C24H29ClF2N8O2/c1-15-5-3-7-17-19(15)28-21(20(26)27)35(17)24-30-22(29-23(31-24)33-9-11-37-12-10-33)32(2)16-6-4-8-34(14-16)18(36)13-25/h3,5,7,16,20H,4,6,8-14H2,1-2H3. The fourth-order valence-electron chi connectivity index (χ4n) is 4.86. The van der Waals surface area contributed by atoms with E-state index in [-0.39, 0.29) is 23.8 Å². The van der Waals surface area contributed by atoms with Gasteiger partial charge in [0.2, 0.25) is 23.8 Å². The van der Waals surface area contributed by atoms with E-state index >= 15 is 0 Å². The number of nitrogens with zero attached hydrogens (tertiary/aromatic N) is 8. The van der Waals surface area contributed by atoms with Crippen LogP contribution in [0.5, 0.6) is 0 Å². The molecule has 10 nitrogen and oxygen atoms in total. The predicted molar refractivity (Wildman–Crippen MR) is 136 cm³/mol. The van der Waals surface area contributed by atoms with Gasteiger partial charge in [-0.2, -0.15) is 15.0 Å². The van der Waals surface area contributed by atoms with Crippen LogP contribution in [0.4, 0.5) is 20.7 Å². The zero-order valence-electron chi connectivity index (χ0n) is 20.8. The number of piperidine rings is 1. The number of rotatable bonds is 6. The zero-order valence-corrected chi connectivity index (χ0v) is 21.5. The number of hydrogen-bond acceptors (Lipinski definition) is 8. The summed E-state index contributed by atoms with van der Waals surface area (Å²) in [6.45, 7) is 5.12. The molecule has 2 fully saturated rings. The maximum absolute atomic E-state index is 14.2. The van der Waals surface area contributed by atoms with Gasteiger partial charge in [-0.3, -0.25) is 9.36 Å². The van der Waals surface area contributed by atoms with E-state index in [1.807, 2.05) is 29.8 Å². The molecular formula is C24H29ClF2N8O2. The molecule has 4 heterocycles. The lowest BCUT2D eigenvalue weighted by molar-refractivity contribution is -0.129. The Morgan fingerprint density at radius 2 is 1.92 bits per heavy atom. The van der Waals surface area contributed by atoms with Crippen LogP contribution in [-0.2, 0) is 9.53 Å². The molecule has 2 aliphatic rings. The number of ether oxygens (including phenoxy) is 1. The maximum atomic E-state index is 14.2. The summed E-state index contributed by atoms with van der Waals surface area (Å²) in [4.78, 5) is 36.1. The maximum Gasteiger partial charge on any atom is 0.296 e. The highest BCUT2D eigenvalue weighted by Crippen LogP contribution is 2.30. The number of aryl methyl sites for hydroxylation is 1. The van der Waals surface area contributed by atoms with E-state index in [4.69, 9.17) is 21.3 Å². The number of aromatic nitrogens is 5. The fourth-order valence-corrected chi connectivity index (χ4v) is 5.03. The van der Waals surface area contributed by atoms with E-state index in [0.717, 1.165) is 18.4 Å². The Kier molecular flexibility index (Phi) is 7.38. The summed E-state index contributed by atoms with van der Waals surface area (Å²) in [6, 6.07) is 5.30. The van der Waals surface area contributed by atoms with E-state index < -0.39 is 12.2 Å². The van der Waals surface area contributed by atoms with E-state index in [2.05, 4.69) is 15.0 Å².